The lowest BCUT2D eigenvalue weighted by molar-refractivity contribution is -0.122. The van der Waals surface area contributed by atoms with E-state index in [0.29, 0.717) is 13.2 Å². The van der Waals surface area contributed by atoms with Crippen LogP contribution in [0.15, 0.2) is 5.38 Å². The van der Waals surface area contributed by atoms with Crippen LogP contribution in [0.3, 0.4) is 0 Å². The van der Waals surface area contributed by atoms with Gasteiger partial charge in [0, 0.05) is 11.9 Å². The molecule has 0 saturated heterocycles. The summed E-state index contributed by atoms with van der Waals surface area (Å²) in [6, 6.07) is 0. The summed E-state index contributed by atoms with van der Waals surface area (Å²) in [4.78, 5) is 14.5. The van der Waals surface area contributed by atoms with Gasteiger partial charge >= 0.3 is 0 Å². The highest BCUT2D eigenvalue weighted by molar-refractivity contribution is 7.13. The van der Waals surface area contributed by atoms with Crippen molar-refractivity contribution in [3.63, 3.8) is 0 Å². The number of carbonyl (C=O) groups is 1. The largest absolute Gasteiger partial charge is 0.370 e. The first-order chi connectivity index (χ1) is 6.68. The number of primary amides is 1. The van der Waals surface area contributed by atoms with Gasteiger partial charge in [-0.1, -0.05) is 0 Å². The zero-order valence-corrected chi connectivity index (χ0v) is 8.76. The van der Waals surface area contributed by atoms with Crippen LogP contribution in [0.25, 0.3) is 0 Å². The Kier molecular flexibility index (Phi) is 4.34. The molecule has 0 aromatic carbocycles. The molecule has 1 amide bonds. The topological polar surface area (TPSA) is 77.2 Å². The van der Waals surface area contributed by atoms with Gasteiger partial charge in [-0.25, -0.2) is 4.98 Å². The summed E-state index contributed by atoms with van der Waals surface area (Å²) in [5.41, 5.74) is 5.89. The van der Waals surface area contributed by atoms with Crippen LogP contribution >= 0.6 is 11.3 Å². The molecular formula is C8H13N3O2S. The number of nitrogens with zero attached hydrogens (tertiary/aromatic N) is 1. The van der Waals surface area contributed by atoms with Crippen molar-refractivity contribution >= 4 is 22.4 Å². The van der Waals surface area contributed by atoms with E-state index in [1.54, 1.807) is 11.3 Å². The standard InChI is InChI=1S/C8H13N3O2S/c1-6-5-14-8(11-6)10-2-3-13-4-7(9)12/h5H,2-4H2,1H3,(H2,9,12)(H,10,11). The summed E-state index contributed by atoms with van der Waals surface area (Å²) in [7, 11) is 0. The number of thiazole rings is 1. The van der Waals surface area contributed by atoms with Gasteiger partial charge in [-0.2, -0.15) is 0 Å². The van der Waals surface area contributed by atoms with E-state index in [2.05, 4.69) is 10.3 Å². The zero-order valence-electron chi connectivity index (χ0n) is 7.95. The number of nitrogens with two attached hydrogens (primary N) is 1. The lowest BCUT2D eigenvalue weighted by Crippen LogP contribution is -2.20. The van der Waals surface area contributed by atoms with E-state index < -0.39 is 5.91 Å². The van der Waals surface area contributed by atoms with E-state index in [1.165, 1.54) is 0 Å². The SMILES string of the molecule is Cc1csc(NCCOCC(N)=O)n1. The van der Waals surface area contributed by atoms with E-state index in [-0.39, 0.29) is 6.61 Å². The second kappa shape index (κ2) is 5.56. The van der Waals surface area contributed by atoms with Gasteiger partial charge in [0.2, 0.25) is 5.91 Å². The molecule has 5 nitrogen and oxygen atoms in total. The number of anilines is 1. The van der Waals surface area contributed by atoms with Crippen molar-refractivity contribution in [1.82, 2.24) is 4.98 Å². The molecule has 0 unspecified atom stereocenters. The van der Waals surface area contributed by atoms with Crippen LogP contribution < -0.4 is 11.1 Å². The first-order valence-electron chi connectivity index (χ1n) is 4.20. The molecule has 0 spiro atoms. The molecular weight excluding hydrogens is 202 g/mol. The molecule has 0 fully saturated rings. The smallest absolute Gasteiger partial charge is 0.243 e. The van der Waals surface area contributed by atoms with Gasteiger partial charge in [0.1, 0.15) is 6.61 Å². The second-order valence-electron chi connectivity index (χ2n) is 2.74. The molecule has 3 N–H and O–H groups in total. The fourth-order valence-electron chi connectivity index (χ4n) is 0.838. The van der Waals surface area contributed by atoms with Gasteiger partial charge in [0.25, 0.3) is 0 Å². The van der Waals surface area contributed by atoms with Gasteiger partial charge < -0.3 is 15.8 Å². The predicted molar refractivity (Wildman–Crippen MR) is 55.4 cm³/mol. The van der Waals surface area contributed by atoms with Gasteiger partial charge in [-0.15, -0.1) is 11.3 Å². The van der Waals surface area contributed by atoms with E-state index in [1.807, 2.05) is 12.3 Å². The first kappa shape index (κ1) is 10.9. The molecule has 0 aliphatic carbocycles. The van der Waals surface area contributed by atoms with E-state index in [4.69, 9.17) is 10.5 Å². The van der Waals surface area contributed by atoms with E-state index in [0.717, 1.165) is 10.8 Å². The summed E-state index contributed by atoms with van der Waals surface area (Å²) in [6.45, 7) is 2.98. The minimum Gasteiger partial charge on any atom is -0.370 e. The predicted octanol–water partition coefficient (Wildman–Crippen LogP) is 0.365. The quantitative estimate of drug-likeness (QED) is 0.672. The molecule has 0 aliphatic heterocycles. The molecule has 0 aliphatic rings. The van der Waals surface area contributed by atoms with Crippen LogP contribution in [0.5, 0.6) is 0 Å². The third-order valence-electron chi connectivity index (χ3n) is 1.39. The molecule has 0 bridgehead atoms. The summed E-state index contributed by atoms with van der Waals surface area (Å²) >= 11 is 1.54. The Morgan fingerprint density at radius 3 is 3.14 bits per heavy atom. The Bertz CT molecular complexity index is 301. The van der Waals surface area contributed by atoms with Gasteiger partial charge in [-0.3, -0.25) is 4.79 Å². The molecule has 1 aromatic heterocycles. The number of ether oxygens (including phenoxy) is 1. The fraction of sp³-hybridized carbons (Fsp3) is 0.500. The fourth-order valence-corrected chi connectivity index (χ4v) is 1.56. The lowest BCUT2D eigenvalue weighted by Gasteiger charge is -2.02. The van der Waals surface area contributed by atoms with E-state index in [9.17, 15) is 4.79 Å². The van der Waals surface area contributed by atoms with Crippen molar-refractivity contribution in [2.75, 3.05) is 25.1 Å². The lowest BCUT2D eigenvalue weighted by atomic mass is 10.6. The third kappa shape index (κ3) is 4.20. The molecule has 0 atom stereocenters. The molecule has 78 valence electrons. The van der Waals surface area contributed by atoms with Crippen LogP contribution in [0, 0.1) is 6.92 Å². The van der Waals surface area contributed by atoms with Crippen molar-refractivity contribution in [2.45, 2.75) is 6.92 Å². The van der Waals surface area contributed by atoms with Crippen molar-refractivity contribution in [1.29, 1.82) is 0 Å². The number of hydrogen-bond acceptors (Lipinski definition) is 5. The molecule has 0 saturated carbocycles. The minimum atomic E-state index is -0.449. The summed E-state index contributed by atoms with van der Waals surface area (Å²) in [5.74, 6) is -0.449. The Labute approximate surface area is 86.3 Å². The number of nitrogens with one attached hydrogen (secondary N) is 1. The normalized spacial score (nSPS) is 10.1. The second-order valence-corrected chi connectivity index (χ2v) is 3.60. The molecule has 6 heteroatoms. The number of aromatic nitrogens is 1. The molecule has 0 radical (unpaired) electrons. The zero-order chi connectivity index (χ0) is 10.4. The number of amides is 1. The van der Waals surface area contributed by atoms with Gasteiger partial charge in [0.05, 0.1) is 12.3 Å². The highest BCUT2D eigenvalue weighted by Crippen LogP contribution is 2.13. The number of hydrogen-bond donors (Lipinski definition) is 2. The molecule has 1 rings (SSSR count). The Hall–Kier alpha value is -1.14. The summed E-state index contributed by atoms with van der Waals surface area (Å²) in [5, 5.41) is 5.90. The van der Waals surface area contributed by atoms with E-state index >= 15 is 0 Å². The number of rotatable bonds is 6. The Balaban J connectivity index is 2.07. The highest BCUT2D eigenvalue weighted by atomic mass is 32.1. The van der Waals surface area contributed by atoms with Crippen LogP contribution in [-0.4, -0.2) is 30.6 Å². The van der Waals surface area contributed by atoms with Crippen LogP contribution in [0.4, 0.5) is 5.13 Å². The van der Waals surface area contributed by atoms with Crippen molar-refractivity contribution in [3.05, 3.63) is 11.1 Å². The van der Waals surface area contributed by atoms with Crippen molar-refractivity contribution in [2.24, 2.45) is 5.73 Å². The highest BCUT2D eigenvalue weighted by Gasteiger charge is 1.97. The first-order valence-corrected chi connectivity index (χ1v) is 5.08. The summed E-state index contributed by atoms with van der Waals surface area (Å²) < 4.78 is 4.96. The molecule has 1 heterocycles. The Morgan fingerprint density at radius 2 is 2.57 bits per heavy atom. The average Bonchev–Trinajstić information content (AvgIpc) is 2.50. The number of carbonyl (C=O) groups excluding carboxylic acids is 1. The maximum Gasteiger partial charge on any atom is 0.243 e. The number of aryl methyl sites for hydroxylation is 1. The average molecular weight is 215 g/mol. The third-order valence-corrected chi connectivity index (χ3v) is 2.30. The monoisotopic (exact) mass is 215 g/mol. The minimum absolute atomic E-state index is 0.0292. The maximum absolute atomic E-state index is 10.3. The van der Waals surface area contributed by atoms with Crippen LogP contribution in [0.1, 0.15) is 5.69 Å². The van der Waals surface area contributed by atoms with Gasteiger partial charge in [0.15, 0.2) is 5.13 Å². The Morgan fingerprint density at radius 1 is 1.79 bits per heavy atom. The van der Waals surface area contributed by atoms with Crippen molar-refractivity contribution in [3.8, 4) is 0 Å². The maximum atomic E-state index is 10.3. The van der Waals surface area contributed by atoms with Crippen molar-refractivity contribution < 1.29 is 9.53 Å². The van der Waals surface area contributed by atoms with Crippen LogP contribution in [-0.2, 0) is 9.53 Å². The van der Waals surface area contributed by atoms with Gasteiger partial charge in [-0.05, 0) is 6.92 Å². The molecule has 14 heavy (non-hydrogen) atoms. The van der Waals surface area contributed by atoms with Crippen LogP contribution in [0.2, 0.25) is 0 Å². The summed E-state index contributed by atoms with van der Waals surface area (Å²) in [6.07, 6.45) is 0. The molecule has 1 aromatic rings.